The third-order valence-electron chi connectivity index (χ3n) is 7.01. The number of fused-ring (bicyclic) bond motifs is 3. The van der Waals surface area contributed by atoms with Crippen molar-refractivity contribution in [3.05, 3.63) is 59.4 Å². The predicted molar refractivity (Wildman–Crippen MR) is 155 cm³/mol. The maximum atomic E-state index is 12.5. The Hall–Kier alpha value is -4.58. The number of hydrogen-bond donors (Lipinski definition) is 4. The first kappa shape index (κ1) is 27.0. The number of amides is 1. The van der Waals surface area contributed by atoms with Crippen LogP contribution in [0.3, 0.4) is 0 Å². The highest BCUT2D eigenvalue weighted by molar-refractivity contribution is 6.45. The summed E-state index contributed by atoms with van der Waals surface area (Å²) in [6.45, 7) is 5.78. The zero-order valence-corrected chi connectivity index (χ0v) is 23.2. The molecule has 0 saturated carbocycles. The van der Waals surface area contributed by atoms with E-state index in [2.05, 4.69) is 41.2 Å². The minimum atomic E-state index is -0.557. The lowest BCUT2D eigenvalue weighted by molar-refractivity contribution is -0.114. The average Bonchev–Trinajstić information content (AvgIpc) is 3.35. The van der Waals surface area contributed by atoms with Crippen molar-refractivity contribution in [2.75, 3.05) is 37.5 Å². The number of ether oxygens (including phenoxy) is 1. The van der Waals surface area contributed by atoms with E-state index in [1.807, 2.05) is 32.3 Å². The van der Waals surface area contributed by atoms with Crippen LogP contribution in [0.2, 0.25) is 0 Å². The molecule has 2 aliphatic rings. The zero-order valence-electron chi connectivity index (χ0n) is 23.2. The van der Waals surface area contributed by atoms with Crippen molar-refractivity contribution in [3.8, 4) is 11.1 Å². The number of aryl methyl sites for hydroxylation is 2. The second kappa shape index (κ2) is 11.3. The topological polar surface area (TPSA) is 159 Å². The van der Waals surface area contributed by atoms with Gasteiger partial charge in [0.2, 0.25) is 0 Å². The highest BCUT2D eigenvalue weighted by atomic mass is 16.5. The Morgan fingerprint density at radius 1 is 1.23 bits per heavy atom. The van der Waals surface area contributed by atoms with Crippen LogP contribution < -0.4 is 21.3 Å². The van der Waals surface area contributed by atoms with Crippen LogP contribution in [0.4, 0.5) is 17.2 Å². The lowest BCUT2D eigenvalue weighted by atomic mass is 9.97. The summed E-state index contributed by atoms with van der Waals surface area (Å²) in [5.41, 5.74) is 11.9. The number of aromatic nitrogens is 4. The van der Waals surface area contributed by atoms with Crippen molar-refractivity contribution in [2.24, 2.45) is 10.7 Å². The smallest absolute Gasteiger partial charge is 0.271 e. The highest BCUT2D eigenvalue weighted by Gasteiger charge is 2.29. The number of amidine groups is 1. The molecule has 0 unspecified atom stereocenters. The molecular weight excluding hydrogens is 508 g/mol. The molecule has 0 bridgehead atoms. The molecule has 1 fully saturated rings. The van der Waals surface area contributed by atoms with Crippen molar-refractivity contribution in [3.63, 3.8) is 0 Å². The van der Waals surface area contributed by atoms with Crippen LogP contribution in [-0.2, 0) is 16.1 Å². The molecule has 0 spiro atoms. The second-order valence-corrected chi connectivity index (χ2v) is 9.94. The predicted octanol–water partition coefficient (Wildman–Crippen LogP) is 3.01. The van der Waals surface area contributed by atoms with E-state index in [9.17, 15) is 4.79 Å². The monoisotopic (exact) mass is 542 g/mol. The van der Waals surface area contributed by atoms with Crippen LogP contribution in [0.25, 0.3) is 11.1 Å². The summed E-state index contributed by atoms with van der Waals surface area (Å²) in [7, 11) is 3.51. The molecule has 12 nitrogen and oxygen atoms in total. The van der Waals surface area contributed by atoms with Crippen molar-refractivity contribution in [1.29, 1.82) is 5.41 Å². The molecule has 3 aromatic rings. The molecule has 40 heavy (non-hydrogen) atoms. The first-order valence-corrected chi connectivity index (χ1v) is 13.2. The van der Waals surface area contributed by atoms with Gasteiger partial charge < -0.3 is 26.0 Å². The third-order valence-corrected chi connectivity index (χ3v) is 7.01. The number of carbonyl (C=O) groups is 1. The summed E-state index contributed by atoms with van der Waals surface area (Å²) in [6, 6.07) is 7.96. The Labute approximate surface area is 232 Å². The summed E-state index contributed by atoms with van der Waals surface area (Å²) < 4.78 is 7.70. The van der Waals surface area contributed by atoms with E-state index in [4.69, 9.17) is 21.0 Å². The van der Waals surface area contributed by atoms with E-state index >= 15 is 0 Å². The molecule has 0 radical (unpaired) electrons. The summed E-state index contributed by atoms with van der Waals surface area (Å²) in [4.78, 5) is 27.6. The van der Waals surface area contributed by atoms with Gasteiger partial charge in [-0.1, -0.05) is 12.1 Å². The Balaban J connectivity index is 1.52. The van der Waals surface area contributed by atoms with Gasteiger partial charge in [-0.15, -0.1) is 0 Å². The largest absolute Gasteiger partial charge is 0.384 e. The molecule has 5 N–H and O–H groups in total. The zero-order chi connectivity index (χ0) is 28.4. The molecule has 1 amide bonds. The van der Waals surface area contributed by atoms with Gasteiger partial charge in [-0.2, -0.15) is 5.10 Å². The fourth-order valence-electron chi connectivity index (χ4n) is 5.22. The van der Waals surface area contributed by atoms with E-state index < -0.39 is 5.91 Å². The van der Waals surface area contributed by atoms with Gasteiger partial charge in [0.15, 0.2) is 5.82 Å². The number of benzene rings is 1. The second-order valence-electron chi connectivity index (χ2n) is 9.94. The molecule has 12 heteroatoms. The third kappa shape index (κ3) is 5.43. The highest BCUT2D eigenvalue weighted by Crippen LogP contribution is 2.44. The van der Waals surface area contributed by atoms with E-state index in [1.165, 1.54) is 18.8 Å². The number of nitrogens with one attached hydrogen (secondary N) is 3. The summed E-state index contributed by atoms with van der Waals surface area (Å²) in [5.74, 6) is 0.506. The van der Waals surface area contributed by atoms with Crippen LogP contribution >= 0.6 is 0 Å². The quantitative estimate of drug-likeness (QED) is 0.262. The lowest BCUT2D eigenvalue weighted by Crippen LogP contribution is -2.32. The van der Waals surface area contributed by atoms with Crippen molar-refractivity contribution >= 4 is 34.6 Å². The van der Waals surface area contributed by atoms with E-state index in [-0.39, 0.29) is 17.2 Å². The number of hydrogen-bond acceptors (Lipinski definition) is 9. The molecule has 208 valence electrons. The van der Waals surface area contributed by atoms with Crippen LogP contribution in [0.15, 0.2) is 47.2 Å². The lowest BCUT2D eigenvalue weighted by Gasteiger charge is -2.32. The molecule has 2 aliphatic heterocycles. The van der Waals surface area contributed by atoms with Crippen LogP contribution in [-0.4, -0.2) is 64.5 Å². The summed E-state index contributed by atoms with van der Waals surface area (Å²) in [6.07, 6.45) is 5.29. The van der Waals surface area contributed by atoms with Gasteiger partial charge in [0.05, 0.1) is 41.5 Å². The fourth-order valence-corrected chi connectivity index (χ4v) is 5.22. The number of para-hydroxylation sites is 1. The van der Waals surface area contributed by atoms with Crippen molar-refractivity contribution in [1.82, 2.24) is 25.1 Å². The van der Waals surface area contributed by atoms with Gasteiger partial charge in [-0.25, -0.2) is 15.0 Å². The molecule has 1 saturated heterocycles. The Bertz CT molecular complexity index is 1500. The molecule has 0 aliphatic carbocycles. The van der Waals surface area contributed by atoms with Crippen LogP contribution in [0.5, 0.6) is 0 Å². The first-order valence-electron chi connectivity index (χ1n) is 13.2. The number of rotatable bonds is 7. The maximum absolute atomic E-state index is 12.5. The SMILES string of the molecule is CNC(=O)C(=N)/C(=C\C(N)=Nc1cc(C)nc(C)n1)Nc1cccc2c1N(C)Cc1c-2cnn1C1CCOCC1. The van der Waals surface area contributed by atoms with E-state index in [0.29, 0.717) is 24.2 Å². The normalized spacial score (nSPS) is 15.8. The molecule has 5 rings (SSSR count). The minimum absolute atomic E-state index is 0.0897. The number of aliphatic imine (C=N–C) groups is 1. The van der Waals surface area contributed by atoms with Crippen LogP contribution in [0.1, 0.15) is 36.1 Å². The minimum Gasteiger partial charge on any atom is -0.384 e. The molecule has 0 atom stereocenters. The first-order chi connectivity index (χ1) is 19.2. The average molecular weight is 543 g/mol. The fraction of sp³-hybridized carbons (Fsp3) is 0.357. The van der Waals surface area contributed by atoms with Crippen molar-refractivity contribution < 1.29 is 9.53 Å². The summed E-state index contributed by atoms with van der Waals surface area (Å²) in [5, 5.41) is 19.1. The van der Waals surface area contributed by atoms with Gasteiger partial charge in [0.25, 0.3) is 5.91 Å². The van der Waals surface area contributed by atoms with Gasteiger partial charge in [-0.05, 0) is 32.8 Å². The van der Waals surface area contributed by atoms with E-state index in [1.54, 1.807) is 13.0 Å². The standard InChI is InChI=1S/C28H34N10O2/c1-16-12-25(34-17(2)33-16)36-24(29)13-22(26(30)28(39)31-3)35-21-7-5-6-19-20-14-32-38(18-8-10-40-11-9-18)23(20)15-37(4)27(19)21/h5-7,12-14,18,30,35H,8-11,15H2,1-4H3,(H,31,39)(H2,29,33,34,36)/b22-13+,30-26?. The Morgan fingerprint density at radius 2 is 2.00 bits per heavy atom. The molecule has 1 aromatic carbocycles. The number of anilines is 2. The van der Waals surface area contributed by atoms with Gasteiger partial charge in [0.1, 0.15) is 17.4 Å². The maximum Gasteiger partial charge on any atom is 0.271 e. The molecule has 2 aromatic heterocycles. The Morgan fingerprint density at radius 3 is 2.73 bits per heavy atom. The number of nitrogens with two attached hydrogens (primary N) is 1. The van der Waals surface area contributed by atoms with Gasteiger partial charge in [0, 0.05) is 56.3 Å². The Kier molecular flexibility index (Phi) is 7.60. The van der Waals surface area contributed by atoms with E-state index in [0.717, 1.165) is 54.3 Å². The molecule has 4 heterocycles. The van der Waals surface area contributed by atoms with Gasteiger partial charge >= 0.3 is 0 Å². The van der Waals surface area contributed by atoms with Crippen LogP contribution in [0, 0.1) is 19.3 Å². The number of nitrogens with zero attached hydrogens (tertiary/aromatic N) is 6. The molecular formula is C28H34N10O2. The van der Waals surface area contributed by atoms with Crippen molar-refractivity contribution in [2.45, 2.75) is 39.3 Å². The number of carbonyl (C=O) groups excluding carboxylic acids is 1. The van der Waals surface area contributed by atoms with Gasteiger partial charge in [-0.3, -0.25) is 14.9 Å². The summed E-state index contributed by atoms with van der Waals surface area (Å²) >= 11 is 0.